The molecule has 12 heteroatoms. The van der Waals surface area contributed by atoms with E-state index < -0.39 is 36.3 Å². The van der Waals surface area contributed by atoms with Crippen LogP contribution >= 0.6 is 62.3 Å². The summed E-state index contributed by atoms with van der Waals surface area (Å²) in [6.45, 7) is 6.73. The number of hydrogen-bond acceptors (Lipinski definition) is 5. The highest BCUT2D eigenvalue weighted by atomic mass is 79.9. The van der Waals surface area contributed by atoms with Crippen LogP contribution in [0.25, 0.3) is 0 Å². The quantitative estimate of drug-likeness (QED) is 0.155. The Bertz CT molecular complexity index is 1250. The summed E-state index contributed by atoms with van der Waals surface area (Å²) in [6.07, 6.45) is 0.0770. The van der Waals surface area contributed by atoms with Crippen LogP contribution in [0.3, 0.4) is 0 Å². The fourth-order valence-electron chi connectivity index (χ4n) is 3.75. The third-order valence-electron chi connectivity index (χ3n) is 5.75. The van der Waals surface area contributed by atoms with Gasteiger partial charge in [-0.2, -0.15) is 0 Å². The van der Waals surface area contributed by atoms with E-state index in [9.17, 15) is 19.2 Å². The van der Waals surface area contributed by atoms with Crippen LogP contribution in [0.15, 0.2) is 16.6 Å². The van der Waals surface area contributed by atoms with Gasteiger partial charge in [-0.25, -0.2) is 4.79 Å². The molecule has 1 aliphatic heterocycles. The van der Waals surface area contributed by atoms with Crippen LogP contribution in [0.5, 0.6) is 0 Å². The monoisotopic (exact) mass is 636 g/mol. The van der Waals surface area contributed by atoms with Gasteiger partial charge in [-0.15, -0.1) is 0 Å². The van der Waals surface area contributed by atoms with Crippen molar-refractivity contribution in [3.63, 3.8) is 0 Å². The maximum atomic E-state index is 13.2. The number of esters is 1. The number of ether oxygens (including phenoxy) is 1. The molecule has 3 amide bonds. The van der Waals surface area contributed by atoms with Gasteiger partial charge in [0.05, 0.1) is 31.2 Å². The number of benzene rings is 2. The SMILES string of the molecule is Cc1c(Br)ccc(NC(=O)COC(=O)[C@@H](CC(C)C)N2C(=O)c3c(Cl)c(Cl)c(Cl)c(Cl)c3C2=O)c1C. The highest BCUT2D eigenvalue weighted by molar-refractivity contribution is 9.10. The van der Waals surface area contributed by atoms with E-state index in [-0.39, 0.29) is 43.6 Å². The van der Waals surface area contributed by atoms with Crippen LogP contribution in [0.1, 0.15) is 52.1 Å². The first-order chi connectivity index (χ1) is 16.8. The predicted octanol–water partition coefficient (Wildman–Crippen LogP) is 6.87. The van der Waals surface area contributed by atoms with Crippen molar-refractivity contribution >= 4 is 91.7 Å². The average Bonchev–Trinajstić information content (AvgIpc) is 3.08. The molecule has 0 bridgehead atoms. The lowest BCUT2D eigenvalue weighted by Crippen LogP contribution is -2.47. The van der Waals surface area contributed by atoms with Gasteiger partial charge in [-0.3, -0.25) is 19.3 Å². The number of anilines is 1. The first kappa shape index (κ1) is 28.7. The minimum absolute atomic E-state index is 0.0770. The van der Waals surface area contributed by atoms with Crippen LogP contribution in [0.4, 0.5) is 5.69 Å². The number of amides is 3. The molecule has 2 aromatic carbocycles. The molecule has 0 saturated carbocycles. The zero-order chi connectivity index (χ0) is 27.1. The number of carbonyl (C=O) groups is 4. The van der Waals surface area contributed by atoms with Gasteiger partial charge in [-0.05, 0) is 49.4 Å². The molecule has 1 N–H and O–H groups in total. The topological polar surface area (TPSA) is 92.8 Å². The lowest BCUT2D eigenvalue weighted by atomic mass is 10.0. The number of fused-ring (bicyclic) bond motifs is 1. The molecule has 1 aliphatic rings. The van der Waals surface area contributed by atoms with E-state index in [0.717, 1.165) is 20.5 Å². The number of imide groups is 1. The van der Waals surface area contributed by atoms with E-state index in [4.69, 9.17) is 51.1 Å². The minimum Gasteiger partial charge on any atom is -0.454 e. The van der Waals surface area contributed by atoms with E-state index in [1.54, 1.807) is 26.0 Å². The summed E-state index contributed by atoms with van der Waals surface area (Å²) in [6, 6.07) is 2.18. The van der Waals surface area contributed by atoms with E-state index in [0.29, 0.717) is 5.69 Å². The molecule has 0 spiro atoms. The Hall–Kier alpha value is -1.84. The number of carbonyl (C=O) groups excluding carboxylic acids is 4. The number of nitrogens with one attached hydrogen (secondary N) is 1. The van der Waals surface area contributed by atoms with E-state index >= 15 is 0 Å². The molecule has 36 heavy (non-hydrogen) atoms. The summed E-state index contributed by atoms with van der Waals surface area (Å²) < 4.78 is 6.12. The van der Waals surface area contributed by atoms with Crippen molar-refractivity contribution < 1.29 is 23.9 Å². The normalized spacial score (nSPS) is 13.8. The molecule has 1 heterocycles. The first-order valence-electron chi connectivity index (χ1n) is 10.7. The van der Waals surface area contributed by atoms with Gasteiger partial charge in [0.1, 0.15) is 6.04 Å². The lowest BCUT2D eigenvalue weighted by Gasteiger charge is -2.26. The summed E-state index contributed by atoms with van der Waals surface area (Å²) in [5.41, 5.74) is 1.89. The first-order valence-corrected chi connectivity index (χ1v) is 13.0. The Morgan fingerprint density at radius 2 is 1.47 bits per heavy atom. The molecule has 192 valence electrons. The molecule has 0 radical (unpaired) electrons. The Balaban J connectivity index is 1.82. The third-order valence-corrected chi connectivity index (χ3v) is 8.41. The van der Waals surface area contributed by atoms with Gasteiger partial charge in [0.15, 0.2) is 6.61 Å². The Morgan fingerprint density at radius 3 is 1.97 bits per heavy atom. The van der Waals surface area contributed by atoms with Gasteiger partial charge < -0.3 is 10.1 Å². The van der Waals surface area contributed by atoms with Gasteiger partial charge in [0.25, 0.3) is 17.7 Å². The lowest BCUT2D eigenvalue weighted by molar-refractivity contribution is -0.151. The summed E-state index contributed by atoms with van der Waals surface area (Å²) in [7, 11) is 0. The third kappa shape index (κ3) is 5.38. The van der Waals surface area contributed by atoms with Gasteiger partial charge >= 0.3 is 5.97 Å². The molecule has 1 atom stereocenters. The van der Waals surface area contributed by atoms with E-state index in [1.165, 1.54) is 0 Å². The van der Waals surface area contributed by atoms with Crippen molar-refractivity contribution in [2.24, 2.45) is 5.92 Å². The molecule has 0 fully saturated rings. The van der Waals surface area contributed by atoms with Crippen molar-refractivity contribution in [1.29, 1.82) is 0 Å². The average molecular weight is 639 g/mol. The Kier molecular flexibility index (Phi) is 8.99. The van der Waals surface area contributed by atoms with Gasteiger partial charge in [0.2, 0.25) is 0 Å². The minimum atomic E-state index is -1.33. The van der Waals surface area contributed by atoms with Crippen LogP contribution in [-0.4, -0.2) is 41.2 Å². The second-order valence-electron chi connectivity index (χ2n) is 8.63. The second kappa shape index (κ2) is 11.3. The zero-order valence-electron chi connectivity index (χ0n) is 19.6. The van der Waals surface area contributed by atoms with Crippen molar-refractivity contribution in [2.75, 3.05) is 11.9 Å². The number of nitrogens with zero attached hydrogens (tertiary/aromatic N) is 1. The molecule has 3 rings (SSSR count). The molecule has 0 unspecified atom stereocenters. The van der Waals surface area contributed by atoms with Gasteiger partial charge in [0, 0.05) is 10.2 Å². The number of rotatable bonds is 7. The molecule has 7 nitrogen and oxygen atoms in total. The number of halogens is 5. The van der Waals surface area contributed by atoms with E-state index in [1.807, 2.05) is 13.8 Å². The maximum absolute atomic E-state index is 13.2. The van der Waals surface area contributed by atoms with Crippen LogP contribution < -0.4 is 5.32 Å². The molecule has 0 saturated heterocycles. The van der Waals surface area contributed by atoms with Crippen molar-refractivity contribution in [3.8, 4) is 0 Å². The molecular formula is C24H21BrCl4N2O5. The molecule has 2 aromatic rings. The van der Waals surface area contributed by atoms with Crippen molar-refractivity contribution in [3.05, 3.63) is 58.9 Å². The summed E-state index contributed by atoms with van der Waals surface area (Å²) >= 11 is 28.0. The standard InChI is InChI=1S/C24H21BrCl4N2O5/c1-9(2)7-14(24(35)36-8-15(32)30-13-6-5-12(25)10(3)11(13)4)31-22(33)16-17(23(31)34)19(27)21(29)20(28)18(16)26/h5-6,9,14H,7-8H2,1-4H3,(H,30,32)/t14-/m1/s1. The smallest absolute Gasteiger partial charge is 0.329 e. The maximum Gasteiger partial charge on any atom is 0.329 e. The van der Waals surface area contributed by atoms with E-state index in [2.05, 4.69) is 21.2 Å². The number of hydrogen-bond donors (Lipinski definition) is 1. The second-order valence-corrected chi connectivity index (χ2v) is 11.0. The molecule has 0 aliphatic carbocycles. The van der Waals surface area contributed by atoms with Crippen LogP contribution in [0, 0.1) is 19.8 Å². The fraction of sp³-hybridized carbons (Fsp3) is 0.333. The summed E-state index contributed by atoms with van der Waals surface area (Å²) in [4.78, 5) is 52.7. The fourth-order valence-corrected chi connectivity index (χ4v) is 5.19. The zero-order valence-corrected chi connectivity index (χ0v) is 24.2. The Morgan fingerprint density at radius 1 is 0.944 bits per heavy atom. The summed E-state index contributed by atoms with van der Waals surface area (Å²) in [5.74, 6) is -3.33. The molecule has 0 aromatic heterocycles. The highest BCUT2D eigenvalue weighted by Crippen LogP contribution is 2.45. The Labute approximate surface area is 236 Å². The van der Waals surface area contributed by atoms with Crippen molar-refractivity contribution in [1.82, 2.24) is 4.90 Å². The van der Waals surface area contributed by atoms with Crippen LogP contribution in [-0.2, 0) is 14.3 Å². The van der Waals surface area contributed by atoms with Gasteiger partial charge in [-0.1, -0.05) is 76.2 Å². The predicted molar refractivity (Wildman–Crippen MR) is 143 cm³/mol. The van der Waals surface area contributed by atoms with Crippen molar-refractivity contribution in [2.45, 2.75) is 40.2 Å². The summed E-state index contributed by atoms with van der Waals surface area (Å²) in [5, 5.41) is 1.86. The highest BCUT2D eigenvalue weighted by Gasteiger charge is 2.47. The largest absolute Gasteiger partial charge is 0.454 e. The van der Waals surface area contributed by atoms with Crippen LogP contribution in [0.2, 0.25) is 20.1 Å². The molecular weight excluding hydrogens is 618 g/mol.